The van der Waals surface area contributed by atoms with Crippen LogP contribution in [-0.2, 0) is 5.41 Å². The van der Waals surface area contributed by atoms with Crippen molar-refractivity contribution in [3.8, 4) is 5.75 Å². The minimum Gasteiger partial charge on any atom is -0.497 e. The lowest BCUT2D eigenvalue weighted by molar-refractivity contribution is 0.412. The lowest BCUT2D eigenvalue weighted by atomic mass is 9.87. The van der Waals surface area contributed by atoms with Crippen molar-refractivity contribution in [3.05, 3.63) is 29.3 Å². The van der Waals surface area contributed by atoms with E-state index < -0.39 is 0 Å². The Balaban J connectivity index is 2.44. The zero-order valence-corrected chi connectivity index (χ0v) is 11.3. The van der Waals surface area contributed by atoms with Gasteiger partial charge in [-0.25, -0.2) is 0 Å². The van der Waals surface area contributed by atoms with E-state index in [9.17, 15) is 0 Å². The number of rotatable bonds is 4. The second-order valence-electron chi connectivity index (χ2n) is 5.59. The second kappa shape index (κ2) is 4.34. The molecule has 0 bridgehead atoms. The number of hydrogen-bond donors (Lipinski definition) is 1. The number of methoxy groups -OCH3 is 1. The first-order valence-electron chi connectivity index (χ1n) is 6.44. The van der Waals surface area contributed by atoms with Crippen LogP contribution in [0.2, 0.25) is 0 Å². The van der Waals surface area contributed by atoms with E-state index in [0.29, 0.717) is 5.92 Å². The maximum Gasteiger partial charge on any atom is 0.119 e. The van der Waals surface area contributed by atoms with Gasteiger partial charge in [0.15, 0.2) is 0 Å². The monoisotopic (exact) mass is 233 g/mol. The molecule has 0 radical (unpaired) electrons. The topological polar surface area (TPSA) is 35.2 Å². The molecule has 0 amide bonds. The average molecular weight is 233 g/mol. The van der Waals surface area contributed by atoms with Crippen LogP contribution >= 0.6 is 0 Å². The van der Waals surface area contributed by atoms with Crippen LogP contribution in [0.15, 0.2) is 18.2 Å². The molecule has 2 heteroatoms. The molecule has 0 spiro atoms. The highest BCUT2D eigenvalue weighted by molar-refractivity contribution is 5.43. The molecule has 0 heterocycles. The van der Waals surface area contributed by atoms with Gasteiger partial charge < -0.3 is 10.5 Å². The summed E-state index contributed by atoms with van der Waals surface area (Å²) in [6, 6.07) is 6.81. The highest BCUT2D eigenvalue weighted by Gasteiger charge is 2.47. The molecule has 0 saturated heterocycles. The van der Waals surface area contributed by atoms with Gasteiger partial charge in [0.05, 0.1) is 7.11 Å². The first-order valence-corrected chi connectivity index (χ1v) is 6.44. The Morgan fingerprint density at radius 3 is 2.24 bits per heavy atom. The van der Waals surface area contributed by atoms with E-state index in [1.807, 2.05) is 0 Å². The van der Waals surface area contributed by atoms with Crippen LogP contribution in [0, 0.1) is 0 Å². The summed E-state index contributed by atoms with van der Waals surface area (Å²) in [4.78, 5) is 0. The zero-order chi connectivity index (χ0) is 12.6. The van der Waals surface area contributed by atoms with Gasteiger partial charge >= 0.3 is 0 Å². The molecule has 1 atom stereocenters. The van der Waals surface area contributed by atoms with E-state index in [1.165, 1.54) is 24.0 Å². The van der Waals surface area contributed by atoms with E-state index in [4.69, 9.17) is 10.5 Å². The van der Waals surface area contributed by atoms with E-state index in [1.54, 1.807) is 7.11 Å². The van der Waals surface area contributed by atoms with Crippen molar-refractivity contribution in [2.24, 2.45) is 5.73 Å². The number of benzene rings is 1. The molecule has 1 aromatic rings. The third-order valence-corrected chi connectivity index (χ3v) is 4.07. The van der Waals surface area contributed by atoms with Crippen LogP contribution in [0.1, 0.15) is 50.7 Å². The van der Waals surface area contributed by atoms with Crippen molar-refractivity contribution in [2.75, 3.05) is 7.11 Å². The van der Waals surface area contributed by atoms with Gasteiger partial charge in [-0.2, -0.15) is 0 Å². The fraction of sp³-hybridized carbons (Fsp3) is 0.600. The summed E-state index contributed by atoms with van der Waals surface area (Å²) in [5, 5.41) is 0. The summed E-state index contributed by atoms with van der Waals surface area (Å²) in [5.74, 6) is 1.48. The third-order valence-electron chi connectivity index (χ3n) is 4.07. The molecule has 2 N–H and O–H groups in total. The molecule has 1 unspecified atom stereocenters. The largest absolute Gasteiger partial charge is 0.497 e. The van der Waals surface area contributed by atoms with Gasteiger partial charge in [0.25, 0.3) is 0 Å². The number of nitrogens with two attached hydrogens (primary N) is 1. The minimum absolute atomic E-state index is 0.207. The fourth-order valence-electron chi connectivity index (χ4n) is 2.50. The Morgan fingerprint density at radius 2 is 1.82 bits per heavy atom. The van der Waals surface area contributed by atoms with Gasteiger partial charge in [0.2, 0.25) is 0 Å². The Hall–Kier alpha value is -1.02. The van der Waals surface area contributed by atoms with Gasteiger partial charge in [-0.05, 0) is 48.9 Å². The SMILES string of the molecule is COc1cc(C(C)C)cc(C2(C(C)N)CC2)c1. The van der Waals surface area contributed by atoms with E-state index in [0.717, 1.165) is 5.75 Å². The van der Waals surface area contributed by atoms with E-state index in [2.05, 4.69) is 39.0 Å². The standard InChI is InChI=1S/C15H23NO/c1-10(2)12-7-13(9-14(8-12)17-4)15(5-6-15)11(3)16/h7-11H,5-6,16H2,1-4H3. The van der Waals surface area contributed by atoms with Crippen molar-refractivity contribution in [3.63, 3.8) is 0 Å². The van der Waals surface area contributed by atoms with Crippen LogP contribution in [0.3, 0.4) is 0 Å². The normalized spacial score (nSPS) is 19.2. The van der Waals surface area contributed by atoms with Crippen LogP contribution in [0.25, 0.3) is 0 Å². The Morgan fingerprint density at radius 1 is 1.18 bits per heavy atom. The molecule has 1 aromatic carbocycles. The fourth-order valence-corrected chi connectivity index (χ4v) is 2.50. The van der Waals surface area contributed by atoms with Crippen molar-refractivity contribution in [1.29, 1.82) is 0 Å². The maximum absolute atomic E-state index is 6.14. The van der Waals surface area contributed by atoms with Gasteiger partial charge in [-0.15, -0.1) is 0 Å². The van der Waals surface area contributed by atoms with Crippen molar-refractivity contribution >= 4 is 0 Å². The molecule has 1 saturated carbocycles. The van der Waals surface area contributed by atoms with Gasteiger partial charge in [0.1, 0.15) is 5.75 Å². The van der Waals surface area contributed by atoms with Gasteiger partial charge in [0, 0.05) is 11.5 Å². The lowest BCUT2D eigenvalue weighted by Crippen LogP contribution is -2.31. The molecule has 0 aliphatic heterocycles. The molecule has 1 aliphatic carbocycles. The molecule has 1 fully saturated rings. The quantitative estimate of drug-likeness (QED) is 0.866. The van der Waals surface area contributed by atoms with Crippen LogP contribution in [-0.4, -0.2) is 13.2 Å². The number of hydrogen-bond acceptors (Lipinski definition) is 2. The molecule has 1 aliphatic rings. The Labute approximate surface area is 104 Å². The van der Waals surface area contributed by atoms with E-state index >= 15 is 0 Å². The Kier molecular flexibility index (Phi) is 3.17. The summed E-state index contributed by atoms with van der Waals surface area (Å²) in [5.41, 5.74) is 9.04. The summed E-state index contributed by atoms with van der Waals surface area (Å²) in [6.07, 6.45) is 2.41. The highest BCUT2D eigenvalue weighted by atomic mass is 16.5. The van der Waals surface area contributed by atoms with Crippen molar-refractivity contribution in [1.82, 2.24) is 0 Å². The molecular formula is C15H23NO. The second-order valence-corrected chi connectivity index (χ2v) is 5.59. The summed E-state index contributed by atoms with van der Waals surface area (Å²) in [6.45, 7) is 6.54. The van der Waals surface area contributed by atoms with Gasteiger partial charge in [-0.3, -0.25) is 0 Å². The predicted octanol–water partition coefficient (Wildman–Crippen LogP) is 3.20. The zero-order valence-electron chi connectivity index (χ0n) is 11.3. The summed E-state index contributed by atoms with van der Waals surface area (Å²) in [7, 11) is 1.73. The van der Waals surface area contributed by atoms with Crippen molar-refractivity contribution in [2.45, 2.75) is 51.0 Å². The lowest BCUT2D eigenvalue weighted by Gasteiger charge is -2.22. The smallest absolute Gasteiger partial charge is 0.119 e. The summed E-state index contributed by atoms with van der Waals surface area (Å²) < 4.78 is 5.41. The molecule has 17 heavy (non-hydrogen) atoms. The van der Waals surface area contributed by atoms with E-state index in [-0.39, 0.29) is 11.5 Å². The maximum atomic E-state index is 6.14. The van der Waals surface area contributed by atoms with Gasteiger partial charge in [-0.1, -0.05) is 19.9 Å². The molecule has 2 nitrogen and oxygen atoms in total. The Bertz CT molecular complexity index is 405. The molecule has 2 rings (SSSR count). The van der Waals surface area contributed by atoms with Crippen LogP contribution < -0.4 is 10.5 Å². The average Bonchev–Trinajstić information content (AvgIpc) is 3.09. The first kappa shape index (κ1) is 12.4. The highest BCUT2D eigenvalue weighted by Crippen LogP contribution is 2.51. The molecular weight excluding hydrogens is 210 g/mol. The van der Waals surface area contributed by atoms with Crippen LogP contribution in [0.5, 0.6) is 5.75 Å². The predicted molar refractivity (Wildman–Crippen MR) is 71.6 cm³/mol. The summed E-state index contributed by atoms with van der Waals surface area (Å²) >= 11 is 0. The third kappa shape index (κ3) is 2.19. The molecule has 94 valence electrons. The van der Waals surface area contributed by atoms with Crippen molar-refractivity contribution < 1.29 is 4.74 Å². The minimum atomic E-state index is 0.207. The number of ether oxygens (including phenoxy) is 1. The van der Waals surface area contributed by atoms with Crippen LogP contribution in [0.4, 0.5) is 0 Å². The molecule has 0 aromatic heterocycles. The first-order chi connectivity index (χ1) is 7.99.